The van der Waals surface area contributed by atoms with E-state index < -0.39 is 56.9 Å². The predicted octanol–water partition coefficient (Wildman–Crippen LogP) is 7.77. The van der Waals surface area contributed by atoms with Crippen LogP contribution in [-0.2, 0) is 40.0 Å². The molecule has 0 amide bonds. The molecule has 58 heavy (non-hydrogen) atoms. The van der Waals surface area contributed by atoms with E-state index in [-0.39, 0.29) is 24.5 Å². The molecule has 1 unspecified atom stereocenters. The molecule has 1 fully saturated rings. The number of allylic oxidation sites excluding steroid dienone is 2. The first-order valence-electron chi connectivity index (χ1n) is 20.5. The van der Waals surface area contributed by atoms with Gasteiger partial charge in [-0.2, -0.15) is 10.4 Å². The number of fused-ring (bicyclic) bond motifs is 1. The van der Waals surface area contributed by atoms with Crippen molar-refractivity contribution in [2.75, 3.05) is 26.4 Å². The van der Waals surface area contributed by atoms with Crippen LogP contribution in [0.2, 0.25) is 0 Å². The molecule has 1 saturated heterocycles. The summed E-state index contributed by atoms with van der Waals surface area (Å²) < 4.78 is 56.8. The summed E-state index contributed by atoms with van der Waals surface area (Å²) in [5.74, 6) is 1.83. The molecule has 3 heterocycles. The molecule has 0 bridgehead atoms. The lowest BCUT2D eigenvalue weighted by Crippen LogP contribution is -2.41. The molecule has 0 aliphatic carbocycles. The molecule has 13 nitrogen and oxygen atoms in total. The van der Waals surface area contributed by atoms with Gasteiger partial charge in [-0.3, -0.25) is 9.05 Å². The van der Waals surface area contributed by atoms with Gasteiger partial charge in [0.15, 0.2) is 5.60 Å². The maximum absolute atomic E-state index is 14.1. The summed E-state index contributed by atoms with van der Waals surface area (Å²) in [5.41, 5.74) is 0.165. The summed E-state index contributed by atoms with van der Waals surface area (Å²) in [6.45, 7) is 3.22. The summed E-state index contributed by atoms with van der Waals surface area (Å²) >= 11 is 0. The first kappa shape index (κ1) is 47.2. The molecule has 318 valence electrons. The van der Waals surface area contributed by atoms with Crippen molar-refractivity contribution in [1.29, 1.82) is 5.26 Å². The van der Waals surface area contributed by atoms with Crippen LogP contribution in [0.3, 0.4) is 0 Å². The number of terminal acetylenes is 1. The van der Waals surface area contributed by atoms with E-state index in [1.54, 1.807) is 19.1 Å². The number of nitriles is 1. The molecule has 3 N–H and O–H groups in total. The summed E-state index contributed by atoms with van der Waals surface area (Å²) in [6.07, 6.45) is 23.0. The zero-order valence-electron chi connectivity index (χ0n) is 33.8. The number of ether oxygens (including phenoxy) is 3. The second kappa shape index (κ2) is 24.5. The molecule has 1 aliphatic heterocycles. The quantitative estimate of drug-likeness (QED) is 0.0281. The summed E-state index contributed by atoms with van der Waals surface area (Å²) in [7, 11) is -4.79. The number of nitrogens with zero attached hydrogens (tertiary/aromatic N) is 4. The fraction of sp³-hybridized carbons (Fsp3) is 0.605. The van der Waals surface area contributed by atoms with Crippen LogP contribution in [0.15, 0.2) is 48.8 Å². The van der Waals surface area contributed by atoms with Crippen molar-refractivity contribution in [1.82, 2.24) is 14.6 Å². The Labute approximate surface area is 342 Å². The Morgan fingerprint density at radius 3 is 2.40 bits per heavy atom. The maximum atomic E-state index is 14.1. The number of hydrogen-bond acceptors (Lipinski definition) is 11. The van der Waals surface area contributed by atoms with Crippen LogP contribution in [0.4, 0.5) is 4.39 Å². The number of phosphoric acid groups is 1. The summed E-state index contributed by atoms with van der Waals surface area (Å²) in [5, 5.41) is 35.4. The van der Waals surface area contributed by atoms with Crippen LogP contribution in [0.5, 0.6) is 0 Å². The van der Waals surface area contributed by atoms with E-state index in [4.69, 9.17) is 29.7 Å². The predicted molar refractivity (Wildman–Crippen MR) is 217 cm³/mol. The van der Waals surface area contributed by atoms with Crippen molar-refractivity contribution in [3.8, 4) is 18.4 Å². The van der Waals surface area contributed by atoms with Crippen molar-refractivity contribution in [2.45, 2.75) is 140 Å². The highest BCUT2D eigenvalue weighted by molar-refractivity contribution is 7.47. The zero-order valence-corrected chi connectivity index (χ0v) is 34.7. The van der Waals surface area contributed by atoms with E-state index in [1.807, 2.05) is 6.07 Å². The van der Waals surface area contributed by atoms with Crippen LogP contribution >= 0.6 is 7.82 Å². The summed E-state index contributed by atoms with van der Waals surface area (Å²) in [4.78, 5) is 14.8. The third kappa shape index (κ3) is 14.3. The average molecular weight is 827 g/mol. The number of aliphatic hydroxyl groups is 2. The van der Waals surface area contributed by atoms with Gasteiger partial charge in [-0.25, -0.2) is 18.5 Å². The highest BCUT2D eigenvalue weighted by Crippen LogP contribution is 2.46. The molecule has 0 saturated carbocycles. The zero-order chi connectivity index (χ0) is 41.8. The number of aryl methyl sites for hydroxylation is 1. The third-order valence-corrected chi connectivity index (χ3v) is 11.2. The first-order chi connectivity index (χ1) is 28.0. The van der Waals surface area contributed by atoms with Gasteiger partial charge < -0.3 is 29.3 Å². The van der Waals surface area contributed by atoms with Gasteiger partial charge in [0, 0.05) is 6.61 Å². The number of hydrogen-bond donors (Lipinski definition) is 3. The molecule has 1 aromatic carbocycles. The second-order valence-corrected chi connectivity index (χ2v) is 16.3. The second-order valence-electron chi connectivity index (χ2n) is 14.8. The first-order valence-corrected chi connectivity index (χ1v) is 22.0. The van der Waals surface area contributed by atoms with Gasteiger partial charge in [-0.05, 0) is 74.9 Å². The van der Waals surface area contributed by atoms with E-state index >= 15 is 0 Å². The lowest BCUT2D eigenvalue weighted by atomic mass is 9.92. The van der Waals surface area contributed by atoms with Gasteiger partial charge in [-0.15, -0.1) is 6.42 Å². The van der Waals surface area contributed by atoms with Gasteiger partial charge in [0.05, 0.1) is 55.0 Å². The van der Waals surface area contributed by atoms with Gasteiger partial charge in [0.25, 0.3) is 0 Å². The molecule has 15 heteroatoms. The highest BCUT2D eigenvalue weighted by atomic mass is 31.2. The van der Waals surface area contributed by atoms with Crippen LogP contribution < -0.4 is 0 Å². The molecule has 1 aliphatic rings. The van der Waals surface area contributed by atoms with E-state index in [0.717, 1.165) is 38.2 Å². The lowest BCUT2D eigenvalue weighted by Gasteiger charge is -2.26. The molecule has 0 spiro atoms. The Bertz CT molecular complexity index is 1860. The van der Waals surface area contributed by atoms with Crippen molar-refractivity contribution in [3.05, 3.63) is 77.1 Å². The van der Waals surface area contributed by atoms with Crippen LogP contribution in [0, 0.1) is 36.4 Å². The molecule has 4 rings (SSSR count). The van der Waals surface area contributed by atoms with Crippen molar-refractivity contribution >= 4 is 13.3 Å². The molecular weight excluding hydrogens is 766 g/mol. The van der Waals surface area contributed by atoms with E-state index in [2.05, 4.69) is 35.1 Å². The van der Waals surface area contributed by atoms with Gasteiger partial charge in [0.1, 0.15) is 36.6 Å². The fourth-order valence-corrected chi connectivity index (χ4v) is 7.67. The van der Waals surface area contributed by atoms with Gasteiger partial charge in [-0.1, -0.05) is 82.8 Å². The summed E-state index contributed by atoms with van der Waals surface area (Å²) in [6, 6.07) is 9.02. The molecule has 6 atom stereocenters. The third-order valence-electron chi connectivity index (χ3n) is 10.2. The Kier molecular flexibility index (Phi) is 19.9. The van der Waals surface area contributed by atoms with Crippen molar-refractivity contribution in [2.24, 2.45) is 0 Å². The Morgan fingerprint density at radius 2 is 1.71 bits per heavy atom. The number of unbranched alkanes of at least 4 members (excludes halogenated alkanes) is 12. The van der Waals surface area contributed by atoms with Crippen molar-refractivity contribution < 1.29 is 47.3 Å². The maximum Gasteiger partial charge on any atom is 0.472 e. The van der Waals surface area contributed by atoms with Crippen molar-refractivity contribution in [3.63, 3.8) is 0 Å². The number of rotatable bonds is 28. The number of aromatic nitrogens is 3. The fourth-order valence-electron chi connectivity index (χ4n) is 6.90. The van der Waals surface area contributed by atoms with Gasteiger partial charge >= 0.3 is 7.82 Å². The molecule has 2 aromatic heterocycles. The minimum absolute atomic E-state index is 0.00112. The molecule has 3 aromatic rings. The van der Waals surface area contributed by atoms with Crippen LogP contribution in [0.25, 0.3) is 5.52 Å². The standard InChI is InChI=1S/C43H60FN4O9P/c1-4-6-7-8-9-10-11-12-13-14-15-16-17-18-19-20-23-53-29-37(54-28-35-24-34(27-45)25-36(44)26-35)30-55-58(51,52)56-31-39-41(49)42(50)43(5-2,57-39)40-22-21-38-33(3)46-32-47-48(38)40/h2,12-13,21-22,24-26,32,37,39,41-42,49-50H,4,6-11,14-20,23,28-31H2,1,3H3,(H,51,52)/b13-12+/t37-,39-,41-,42-,43+/m1/s1. The Morgan fingerprint density at radius 1 is 1.02 bits per heavy atom. The Hall–Kier alpha value is -3.53. The van der Waals surface area contributed by atoms with Crippen LogP contribution in [0.1, 0.15) is 119 Å². The number of phosphoric ester groups is 1. The number of aliphatic hydroxyl groups excluding tert-OH is 2. The minimum atomic E-state index is -4.79. The van der Waals surface area contributed by atoms with E-state index in [9.17, 15) is 29.3 Å². The Balaban J connectivity index is 1.21. The SMILES string of the molecule is C#C[C@@]1(c2ccc3c(C)ncnn23)O[C@H](COP(=O)(O)OC[C@@H](COCCCCCCCC/C=C/CCCCCCCC)OCc2cc(F)cc(C#N)c2)[C@@H](O)[C@H]1O. The van der Waals surface area contributed by atoms with Gasteiger partial charge in [0.2, 0.25) is 0 Å². The largest absolute Gasteiger partial charge is 0.472 e. The minimum Gasteiger partial charge on any atom is -0.387 e. The van der Waals surface area contributed by atoms with E-state index in [1.165, 1.54) is 80.8 Å². The topological polar surface area (TPSA) is 178 Å². The van der Waals surface area contributed by atoms with E-state index in [0.29, 0.717) is 23.4 Å². The number of halogens is 1. The average Bonchev–Trinajstić information content (AvgIpc) is 3.76. The molecular formula is C43H60FN4O9P. The molecule has 0 radical (unpaired) electrons. The smallest absolute Gasteiger partial charge is 0.387 e. The normalized spacial score (nSPS) is 21.0. The number of benzene rings is 1. The van der Waals surface area contributed by atoms with Crippen LogP contribution in [-0.4, -0.2) is 80.5 Å². The monoisotopic (exact) mass is 826 g/mol. The highest BCUT2D eigenvalue weighted by Gasteiger charge is 2.56. The lowest BCUT2D eigenvalue weighted by molar-refractivity contribution is -0.0681.